The van der Waals surface area contributed by atoms with E-state index < -0.39 is 11.1 Å². The molecule has 9 nitrogen and oxygen atoms in total. The van der Waals surface area contributed by atoms with E-state index >= 15 is 0 Å². The highest BCUT2D eigenvalue weighted by Gasteiger charge is 2.38. The first-order valence-electron chi connectivity index (χ1n) is 7.53. The summed E-state index contributed by atoms with van der Waals surface area (Å²) >= 11 is 0. The maximum absolute atomic E-state index is 12.4. The zero-order valence-electron chi connectivity index (χ0n) is 12.9. The molecule has 2 aliphatic heterocycles. The largest absolute Gasteiger partial charge is 0.343 e. The number of nitrogens with zero attached hydrogens (tertiary/aromatic N) is 3. The molecule has 0 aliphatic carbocycles. The average molecular weight is 321 g/mol. The van der Waals surface area contributed by atoms with Crippen molar-refractivity contribution < 1.29 is 9.59 Å². The van der Waals surface area contributed by atoms with Gasteiger partial charge in [0.1, 0.15) is 6.04 Å². The second-order valence-electron chi connectivity index (χ2n) is 5.94. The summed E-state index contributed by atoms with van der Waals surface area (Å²) in [6.07, 6.45) is -0.143. The molecule has 2 amide bonds. The first kappa shape index (κ1) is 15.5. The van der Waals surface area contributed by atoms with Crippen LogP contribution in [0.4, 0.5) is 0 Å². The summed E-state index contributed by atoms with van der Waals surface area (Å²) in [6.45, 7) is 2.99. The van der Waals surface area contributed by atoms with Crippen LogP contribution in [0, 0.1) is 0 Å². The smallest absolute Gasteiger partial charge is 0.266 e. The molecule has 1 aromatic heterocycles. The third kappa shape index (κ3) is 3.04. The fraction of sp³-hybridized carbons (Fsp3) is 0.571. The quantitative estimate of drug-likeness (QED) is 0.630. The number of rotatable bonds is 2. The standard InChI is InChI=1S/C14H19N5O4/c1-17-2-3-18-4-5-19(8-10(18)14(17)23)12(21)7-9-6-11(20)15-16-13(9)22/h6,10H,2-5,7-8H2,1H3,(H,15,20)(H,16,22)/t10-/m1/s1. The van der Waals surface area contributed by atoms with E-state index in [1.54, 1.807) is 16.8 Å². The number of likely N-dealkylation sites (N-methyl/N-ethyl adjacent to an activating group) is 1. The number of aromatic amines is 2. The van der Waals surface area contributed by atoms with Crippen LogP contribution in [0.5, 0.6) is 0 Å². The van der Waals surface area contributed by atoms with Crippen molar-refractivity contribution in [3.05, 3.63) is 32.3 Å². The number of amides is 2. The number of hydrogen-bond acceptors (Lipinski definition) is 5. The van der Waals surface area contributed by atoms with E-state index in [0.29, 0.717) is 26.2 Å². The Balaban J connectivity index is 1.71. The number of carbonyl (C=O) groups excluding carboxylic acids is 2. The van der Waals surface area contributed by atoms with E-state index in [2.05, 4.69) is 15.1 Å². The maximum atomic E-state index is 12.4. The van der Waals surface area contributed by atoms with Crippen molar-refractivity contribution in [2.75, 3.05) is 39.8 Å². The lowest BCUT2D eigenvalue weighted by molar-refractivity contribution is -0.147. The molecule has 1 atom stereocenters. The average Bonchev–Trinajstić information content (AvgIpc) is 2.54. The summed E-state index contributed by atoms with van der Waals surface area (Å²) in [4.78, 5) is 52.9. The van der Waals surface area contributed by atoms with Crippen molar-refractivity contribution in [2.24, 2.45) is 0 Å². The summed E-state index contributed by atoms with van der Waals surface area (Å²) < 4.78 is 0. The highest BCUT2D eigenvalue weighted by atomic mass is 16.2. The van der Waals surface area contributed by atoms with Gasteiger partial charge in [-0.1, -0.05) is 0 Å². The molecule has 2 fully saturated rings. The summed E-state index contributed by atoms with van der Waals surface area (Å²) in [5.41, 5.74) is -0.806. The Kier molecular flexibility index (Phi) is 4.03. The molecule has 9 heteroatoms. The second-order valence-corrected chi connectivity index (χ2v) is 5.94. The topological polar surface area (TPSA) is 110 Å². The molecule has 3 rings (SSSR count). The van der Waals surface area contributed by atoms with E-state index in [9.17, 15) is 19.2 Å². The van der Waals surface area contributed by atoms with Gasteiger partial charge in [0.2, 0.25) is 11.8 Å². The minimum atomic E-state index is -0.481. The summed E-state index contributed by atoms with van der Waals surface area (Å²) in [5.74, 6) is -0.232. The van der Waals surface area contributed by atoms with Crippen molar-refractivity contribution in [3.8, 4) is 0 Å². The van der Waals surface area contributed by atoms with E-state index in [1.165, 1.54) is 0 Å². The Bertz CT molecular complexity index is 739. The minimum absolute atomic E-state index is 0.0164. The number of H-pyrrole nitrogens is 2. The Labute approximate surface area is 131 Å². The monoisotopic (exact) mass is 321 g/mol. The van der Waals surface area contributed by atoms with Gasteiger partial charge >= 0.3 is 0 Å². The molecular formula is C14H19N5O4. The van der Waals surface area contributed by atoms with Crippen LogP contribution in [0.1, 0.15) is 5.56 Å². The van der Waals surface area contributed by atoms with Gasteiger partial charge in [0.05, 0.1) is 6.42 Å². The van der Waals surface area contributed by atoms with Crippen molar-refractivity contribution in [2.45, 2.75) is 12.5 Å². The molecule has 0 aromatic carbocycles. The Hall–Kier alpha value is -2.42. The zero-order valence-corrected chi connectivity index (χ0v) is 12.9. The zero-order chi connectivity index (χ0) is 16.6. The summed E-state index contributed by atoms with van der Waals surface area (Å²) in [5, 5.41) is 4.37. The Morgan fingerprint density at radius 2 is 1.91 bits per heavy atom. The van der Waals surface area contributed by atoms with Crippen LogP contribution in [-0.2, 0) is 16.0 Å². The molecule has 0 bridgehead atoms. The van der Waals surface area contributed by atoms with Crippen LogP contribution < -0.4 is 11.1 Å². The predicted molar refractivity (Wildman–Crippen MR) is 81.0 cm³/mol. The van der Waals surface area contributed by atoms with Crippen LogP contribution >= 0.6 is 0 Å². The lowest BCUT2D eigenvalue weighted by atomic mass is 10.1. The number of aromatic nitrogens is 2. The SMILES string of the molecule is CN1CCN2CCN(C(=O)Cc3cc(=O)[nH][nH]c3=O)C[C@@H]2C1=O. The highest BCUT2D eigenvalue weighted by Crippen LogP contribution is 2.16. The maximum Gasteiger partial charge on any atom is 0.266 e. The molecule has 0 saturated carbocycles. The van der Waals surface area contributed by atoms with Crippen LogP contribution in [-0.4, -0.2) is 82.5 Å². The highest BCUT2D eigenvalue weighted by molar-refractivity contribution is 5.85. The van der Waals surface area contributed by atoms with Crippen LogP contribution in [0.25, 0.3) is 0 Å². The number of hydrogen-bond donors (Lipinski definition) is 2. The summed E-state index contributed by atoms with van der Waals surface area (Å²) in [7, 11) is 1.76. The molecule has 2 aliphatic rings. The normalized spacial score (nSPS) is 22.1. The predicted octanol–water partition coefficient (Wildman–Crippen LogP) is -2.41. The Morgan fingerprint density at radius 1 is 1.17 bits per heavy atom. The second kappa shape index (κ2) is 5.99. The fourth-order valence-electron chi connectivity index (χ4n) is 3.06. The van der Waals surface area contributed by atoms with Gasteiger partial charge in [0.15, 0.2) is 0 Å². The molecule has 0 radical (unpaired) electrons. The van der Waals surface area contributed by atoms with Crippen molar-refractivity contribution >= 4 is 11.8 Å². The van der Waals surface area contributed by atoms with Crippen LogP contribution in [0.3, 0.4) is 0 Å². The van der Waals surface area contributed by atoms with Gasteiger partial charge in [-0.25, -0.2) is 0 Å². The van der Waals surface area contributed by atoms with Crippen LogP contribution in [0.15, 0.2) is 15.7 Å². The van der Waals surface area contributed by atoms with Gasteiger partial charge in [0, 0.05) is 51.4 Å². The molecule has 23 heavy (non-hydrogen) atoms. The lowest BCUT2D eigenvalue weighted by Gasteiger charge is -2.45. The van der Waals surface area contributed by atoms with Gasteiger partial charge in [-0.2, -0.15) is 0 Å². The molecule has 0 unspecified atom stereocenters. The third-order valence-corrected chi connectivity index (χ3v) is 4.47. The number of piperazine rings is 2. The first-order chi connectivity index (χ1) is 11.0. The third-order valence-electron chi connectivity index (χ3n) is 4.47. The molecule has 1 aromatic rings. The van der Waals surface area contributed by atoms with Crippen LogP contribution in [0.2, 0.25) is 0 Å². The van der Waals surface area contributed by atoms with Gasteiger partial charge in [-0.3, -0.25) is 34.3 Å². The molecular weight excluding hydrogens is 302 g/mol. The molecule has 2 saturated heterocycles. The van der Waals surface area contributed by atoms with Crippen molar-refractivity contribution in [1.82, 2.24) is 24.9 Å². The fourth-order valence-corrected chi connectivity index (χ4v) is 3.06. The number of nitrogens with one attached hydrogen (secondary N) is 2. The van der Waals surface area contributed by atoms with Gasteiger partial charge < -0.3 is 9.80 Å². The van der Waals surface area contributed by atoms with Crippen molar-refractivity contribution in [1.29, 1.82) is 0 Å². The van der Waals surface area contributed by atoms with Gasteiger partial charge in [-0.05, 0) is 0 Å². The van der Waals surface area contributed by atoms with Gasteiger partial charge in [-0.15, -0.1) is 0 Å². The van der Waals surface area contributed by atoms with Crippen molar-refractivity contribution in [3.63, 3.8) is 0 Å². The first-order valence-corrected chi connectivity index (χ1v) is 7.53. The summed E-state index contributed by atoms with van der Waals surface area (Å²) in [6, 6.07) is 0.816. The van der Waals surface area contributed by atoms with E-state index in [-0.39, 0.29) is 29.8 Å². The van der Waals surface area contributed by atoms with E-state index in [0.717, 1.165) is 12.6 Å². The minimum Gasteiger partial charge on any atom is -0.343 e. The lowest BCUT2D eigenvalue weighted by Crippen LogP contribution is -2.64. The van der Waals surface area contributed by atoms with Gasteiger partial charge in [0.25, 0.3) is 11.1 Å². The molecule has 3 heterocycles. The Morgan fingerprint density at radius 3 is 2.70 bits per heavy atom. The molecule has 2 N–H and O–H groups in total. The molecule has 0 spiro atoms. The number of fused-ring (bicyclic) bond motifs is 1. The number of carbonyl (C=O) groups is 2. The van der Waals surface area contributed by atoms with E-state index in [1.807, 2.05) is 0 Å². The van der Waals surface area contributed by atoms with E-state index in [4.69, 9.17) is 0 Å². The molecule has 124 valence electrons.